The number of fused-ring (bicyclic) bond motifs is 2. The second-order valence-electron chi connectivity index (χ2n) is 5.40. The third-order valence-corrected chi connectivity index (χ3v) is 4.55. The number of nitrogens with zero attached hydrogens (tertiary/aromatic N) is 3. The topological polar surface area (TPSA) is 121 Å². The van der Waals surface area contributed by atoms with E-state index in [1.54, 1.807) is 6.21 Å². The van der Waals surface area contributed by atoms with E-state index in [4.69, 9.17) is 23.6 Å². The van der Waals surface area contributed by atoms with E-state index < -0.39 is 18.3 Å². The molecule has 23 heavy (non-hydrogen) atoms. The lowest BCUT2D eigenvalue weighted by Gasteiger charge is -2.23. The van der Waals surface area contributed by atoms with Crippen LogP contribution >= 0.6 is 12.3 Å². The SMILES string of the molecule is CCOc1nc(N)nc2c1N=CC2[C@@H]1O[C@@H]2COSO[C@H]2[C@H]1O. The molecule has 0 aromatic carbocycles. The van der Waals surface area contributed by atoms with Crippen molar-refractivity contribution in [1.29, 1.82) is 0 Å². The van der Waals surface area contributed by atoms with Gasteiger partial charge in [-0.2, -0.15) is 4.98 Å². The number of aliphatic hydroxyl groups excluding tert-OH is 1. The summed E-state index contributed by atoms with van der Waals surface area (Å²) in [5.41, 5.74) is 6.89. The van der Waals surface area contributed by atoms with Crippen LogP contribution in [0.2, 0.25) is 0 Å². The molecule has 0 radical (unpaired) electrons. The summed E-state index contributed by atoms with van der Waals surface area (Å²) < 4.78 is 21.9. The van der Waals surface area contributed by atoms with Gasteiger partial charge in [-0.3, -0.25) is 13.4 Å². The zero-order valence-corrected chi connectivity index (χ0v) is 13.1. The Balaban J connectivity index is 1.65. The molecule has 3 N–H and O–H groups in total. The van der Waals surface area contributed by atoms with E-state index in [0.717, 1.165) is 12.3 Å². The van der Waals surface area contributed by atoms with Gasteiger partial charge in [-0.05, 0) is 6.92 Å². The Morgan fingerprint density at radius 1 is 1.43 bits per heavy atom. The Hall–Kier alpha value is -1.46. The van der Waals surface area contributed by atoms with Crippen molar-refractivity contribution in [3.8, 4) is 5.88 Å². The monoisotopic (exact) mass is 340 g/mol. The average Bonchev–Trinajstić information content (AvgIpc) is 3.09. The van der Waals surface area contributed by atoms with Gasteiger partial charge in [0, 0.05) is 6.21 Å². The van der Waals surface area contributed by atoms with E-state index in [9.17, 15) is 5.11 Å². The highest BCUT2D eigenvalue weighted by Gasteiger charge is 2.51. The van der Waals surface area contributed by atoms with Crippen LogP contribution in [0.3, 0.4) is 0 Å². The molecule has 5 atom stereocenters. The highest BCUT2D eigenvalue weighted by atomic mass is 32.2. The van der Waals surface area contributed by atoms with Crippen LogP contribution in [0.25, 0.3) is 0 Å². The van der Waals surface area contributed by atoms with Crippen LogP contribution in [0.15, 0.2) is 4.99 Å². The number of ether oxygens (including phenoxy) is 2. The van der Waals surface area contributed by atoms with Crippen LogP contribution in [0.1, 0.15) is 18.5 Å². The molecule has 1 aromatic rings. The lowest BCUT2D eigenvalue weighted by molar-refractivity contribution is -0.0239. The standard InChI is InChI=1S/C13H16N4O5S/c1-2-19-12-8-7(16-13(14)17-12)5(3-15-8)10-9(18)11-6(21-10)4-20-23-22-11/h3,5-6,9-11,18H,2,4H2,1H3,(H2,14,16,17)/t5?,6-,9+,10+,11-/m1/s1. The fourth-order valence-corrected chi connectivity index (χ4v) is 3.58. The molecular formula is C13H16N4O5S. The first-order chi connectivity index (χ1) is 11.2. The van der Waals surface area contributed by atoms with Gasteiger partial charge >= 0.3 is 0 Å². The molecule has 124 valence electrons. The zero-order valence-electron chi connectivity index (χ0n) is 12.3. The zero-order chi connectivity index (χ0) is 16.0. The molecule has 4 rings (SSSR count). The van der Waals surface area contributed by atoms with Crippen molar-refractivity contribution in [2.24, 2.45) is 4.99 Å². The van der Waals surface area contributed by atoms with Gasteiger partial charge in [-0.15, -0.1) is 0 Å². The first kappa shape index (κ1) is 15.1. The van der Waals surface area contributed by atoms with E-state index >= 15 is 0 Å². The fraction of sp³-hybridized carbons (Fsp3) is 0.615. The number of nitrogen functional groups attached to an aromatic ring is 1. The maximum Gasteiger partial charge on any atom is 0.245 e. The summed E-state index contributed by atoms with van der Waals surface area (Å²) in [5, 5.41) is 10.5. The lowest BCUT2D eigenvalue weighted by Crippen LogP contribution is -2.39. The first-order valence-corrected chi connectivity index (χ1v) is 7.98. The minimum absolute atomic E-state index is 0.0998. The Morgan fingerprint density at radius 2 is 2.30 bits per heavy atom. The van der Waals surface area contributed by atoms with Gasteiger partial charge in [-0.25, -0.2) is 4.98 Å². The Kier molecular flexibility index (Phi) is 3.85. The van der Waals surface area contributed by atoms with Crippen LogP contribution in [-0.2, 0) is 13.1 Å². The summed E-state index contributed by atoms with van der Waals surface area (Å²) in [6.45, 7) is 2.65. The normalized spacial score (nSPS) is 35.1. The number of hydrogen-bond acceptors (Lipinski definition) is 10. The maximum absolute atomic E-state index is 10.5. The highest BCUT2D eigenvalue weighted by Crippen LogP contribution is 2.44. The number of nitrogens with two attached hydrogens (primary N) is 1. The van der Waals surface area contributed by atoms with E-state index in [1.165, 1.54) is 0 Å². The second kappa shape index (κ2) is 5.87. The molecule has 0 aliphatic carbocycles. The molecule has 3 aliphatic rings. The summed E-state index contributed by atoms with van der Waals surface area (Å²) >= 11 is 0.878. The van der Waals surface area contributed by atoms with Crippen molar-refractivity contribution in [1.82, 2.24) is 9.97 Å². The molecule has 0 amide bonds. The van der Waals surface area contributed by atoms with Crippen molar-refractivity contribution < 1.29 is 22.9 Å². The van der Waals surface area contributed by atoms with E-state index in [0.29, 0.717) is 30.5 Å². The predicted octanol–water partition coefficient (Wildman–Crippen LogP) is 0.364. The maximum atomic E-state index is 10.5. The molecule has 0 bridgehead atoms. The van der Waals surface area contributed by atoms with Crippen LogP contribution in [0, 0.1) is 0 Å². The predicted molar refractivity (Wildman–Crippen MR) is 81.6 cm³/mol. The molecule has 3 aliphatic heterocycles. The number of hydrogen-bond donors (Lipinski definition) is 2. The van der Waals surface area contributed by atoms with Gasteiger partial charge in [0.15, 0.2) is 12.3 Å². The minimum Gasteiger partial charge on any atom is -0.476 e. The Morgan fingerprint density at radius 3 is 3.09 bits per heavy atom. The smallest absolute Gasteiger partial charge is 0.245 e. The van der Waals surface area contributed by atoms with Gasteiger partial charge in [0.1, 0.15) is 30.1 Å². The summed E-state index contributed by atoms with van der Waals surface area (Å²) in [7, 11) is 0. The summed E-state index contributed by atoms with van der Waals surface area (Å²) in [6.07, 6.45) is -0.437. The van der Waals surface area contributed by atoms with Gasteiger partial charge in [-0.1, -0.05) is 0 Å². The summed E-state index contributed by atoms with van der Waals surface area (Å²) in [6, 6.07) is 0. The third kappa shape index (κ3) is 2.46. The molecule has 1 aromatic heterocycles. The fourth-order valence-electron chi connectivity index (χ4n) is 3.01. The third-order valence-electron chi connectivity index (χ3n) is 4.01. The average molecular weight is 340 g/mol. The van der Waals surface area contributed by atoms with Crippen molar-refractivity contribution in [3.05, 3.63) is 5.69 Å². The van der Waals surface area contributed by atoms with Crippen molar-refractivity contribution in [3.63, 3.8) is 0 Å². The van der Waals surface area contributed by atoms with Crippen LogP contribution in [0.5, 0.6) is 5.88 Å². The van der Waals surface area contributed by atoms with Crippen molar-refractivity contribution >= 4 is 30.2 Å². The van der Waals surface area contributed by atoms with Crippen LogP contribution < -0.4 is 10.5 Å². The van der Waals surface area contributed by atoms with E-state index in [2.05, 4.69) is 15.0 Å². The Bertz CT molecular complexity index is 645. The quantitative estimate of drug-likeness (QED) is 0.751. The number of aromatic nitrogens is 2. The van der Waals surface area contributed by atoms with E-state index in [-0.39, 0.29) is 18.0 Å². The molecule has 9 nitrogen and oxygen atoms in total. The summed E-state index contributed by atoms with van der Waals surface area (Å²) in [4.78, 5) is 12.7. The largest absolute Gasteiger partial charge is 0.476 e. The van der Waals surface area contributed by atoms with Gasteiger partial charge in [0.2, 0.25) is 11.8 Å². The van der Waals surface area contributed by atoms with Gasteiger partial charge < -0.3 is 20.3 Å². The number of aliphatic hydroxyl groups is 1. The molecule has 2 saturated heterocycles. The highest BCUT2D eigenvalue weighted by molar-refractivity contribution is 7.89. The van der Waals surface area contributed by atoms with E-state index in [1.807, 2.05) is 6.92 Å². The van der Waals surface area contributed by atoms with Crippen LogP contribution in [0.4, 0.5) is 11.6 Å². The Labute approximate surface area is 136 Å². The lowest BCUT2D eigenvalue weighted by atomic mass is 9.94. The van der Waals surface area contributed by atoms with Gasteiger partial charge in [0.25, 0.3) is 0 Å². The van der Waals surface area contributed by atoms with Crippen molar-refractivity contribution in [2.75, 3.05) is 18.9 Å². The minimum atomic E-state index is -0.814. The molecule has 1 unspecified atom stereocenters. The molecule has 0 spiro atoms. The molecule has 0 saturated carbocycles. The van der Waals surface area contributed by atoms with Crippen molar-refractivity contribution in [2.45, 2.75) is 37.3 Å². The second-order valence-corrected chi connectivity index (χ2v) is 5.97. The molecule has 4 heterocycles. The number of anilines is 1. The number of aliphatic imine (C=N–C) groups is 1. The first-order valence-electron chi connectivity index (χ1n) is 7.32. The molecule has 2 fully saturated rings. The summed E-state index contributed by atoms with van der Waals surface area (Å²) in [5.74, 6) is 0.0974. The molecular weight excluding hydrogens is 324 g/mol. The molecule has 10 heteroatoms. The van der Waals surface area contributed by atoms with Gasteiger partial charge in [0.05, 0.1) is 24.8 Å². The number of rotatable bonds is 3. The van der Waals surface area contributed by atoms with Crippen LogP contribution in [-0.4, -0.2) is 58.9 Å².